The number of hydrogen-bond donors (Lipinski definition) is 0. The highest BCUT2D eigenvalue weighted by atomic mass is 16.6. The van der Waals surface area contributed by atoms with Crippen LogP contribution in [0.5, 0.6) is 0 Å². The largest absolute Gasteiger partial charge is 0.364 e. The van der Waals surface area contributed by atoms with Gasteiger partial charge in [-0.05, 0) is 6.42 Å². The zero-order valence-corrected chi connectivity index (χ0v) is 6.87. The lowest BCUT2D eigenvalue weighted by Crippen LogP contribution is -2.04. The lowest BCUT2D eigenvalue weighted by atomic mass is 10.0. The fourth-order valence-electron chi connectivity index (χ4n) is 1.32. The molecule has 2 heterocycles. The third-order valence-electron chi connectivity index (χ3n) is 2.29. The molecule has 0 aromatic carbocycles. The van der Waals surface area contributed by atoms with E-state index in [-0.39, 0.29) is 5.60 Å². The van der Waals surface area contributed by atoms with Gasteiger partial charge in [0.1, 0.15) is 5.60 Å². The highest BCUT2D eigenvalue weighted by molar-refractivity contribution is 5.20. The molecule has 3 heteroatoms. The molecule has 11 heavy (non-hydrogen) atoms. The molecular weight excluding hydrogens is 140 g/mol. The summed E-state index contributed by atoms with van der Waals surface area (Å²) < 4.78 is 7.21. The maximum Gasteiger partial charge on any atom is 0.119 e. The Morgan fingerprint density at radius 2 is 2.55 bits per heavy atom. The summed E-state index contributed by atoms with van der Waals surface area (Å²) in [5.74, 6) is 0. The van der Waals surface area contributed by atoms with Crippen LogP contribution < -0.4 is 0 Å². The molecule has 0 saturated carbocycles. The first-order valence-corrected chi connectivity index (χ1v) is 3.90. The van der Waals surface area contributed by atoms with Crippen molar-refractivity contribution in [3.05, 3.63) is 18.0 Å². The molecule has 0 spiro atoms. The maximum atomic E-state index is 5.39. The summed E-state index contributed by atoms with van der Waals surface area (Å²) in [5.41, 5.74) is 1.23. The molecule has 0 aliphatic carbocycles. The summed E-state index contributed by atoms with van der Waals surface area (Å²) in [5, 5.41) is 4.11. The first-order valence-electron chi connectivity index (χ1n) is 3.90. The van der Waals surface area contributed by atoms with Crippen LogP contribution in [0.3, 0.4) is 0 Å². The predicted octanol–water partition coefficient (Wildman–Crippen LogP) is 1.06. The van der Waals surface area contributed by atoms with Crippen molar-refractivity contribution in [1.29, 1.82) is 0 Å². The fraction of sp³-hybridized carbons (Fsp3) is 0.625. The van der Waals surface area contributed by atoms with Gasteiger partial charge >= 0.3 is 0 Å². The molecule has 0 N–H and O–H groups in total. The molecule has 3 nitrogen and oxygen atoms in total. The van der Waals surface area contributed by atoms with Crippen LogP contribution in [-0.2, 0) is 17.4 Å². The van der Waals surface area contributed by atoms with Crippen molar-refractivity contribution in [3.63, 3.8) is 0 Å². The number of hydrogen-bond acceptors (Lipinski definition) is 2. The van der Waals surface area contributed by atoms with Gasteiger partial charge < -0.3 is 4.74 Å². The Balaban J connectivity index is 2.29. The van der Waals surface area contributed by atoms with Crippen molar-refractivity contribution in [3.8, 4) is 0 Å². The lowest BCUT2D eigenvalue weighted by molar-refractivity contribution is 0.301. The van der Waals surface area contributed by atoms with Gasteiger partial charge in [-0.3, -0.25) is 4.68 Å². The molecule has 1 aromatic heterocycles. The highest BCUT2D eigenvalue weighted by Gasteiger charge is 2.45. The number of aryl methyl sites for hydroxylation is 1. The second-order valence-electron chi connectivity index (χ2n) is 3.04. The Morgan fingerprint density at radius 1 is 1.82 bits per heavy atom. The van der Waals surface area contributed by atoms with Gasteiger partial charge in [0.2, 0.25) is 0 Å². The van der Waals surface area contributed by atoms with E-state index < -0.39 is 0 Å². The summed E-state index contributed by atoms with van der Waals surface area (Å²) in [6.45, 7) is 3.00. The van der Waals surface area contributed by atoms with Crippen LogP contribution in [0.1, 0.15) is 18.9 Å². The van der Waals surface area contributed by atoms with E-state index in [0.717, 1.165) is 13.0 Å². The molecule has 1 atom stereocenters. The molecule has 1 unspecified atom stereocenters. The van der Waals surface area contributed by atoms with Crippen molar-refractivity contribution < 1.29 is 4.74 Å². The normalized spacial score (nSPS) is 28.9. The molecule has 1 aliphatic rings. The van der Waals surface area contributed by atoms with Gasteiger partial charge in [-0.2, -0.15) is 5.10 Å². The monoisotopic (exact) mass is 152 g/mol. The minimum atomic E-state index is 0.0221. The number of rotatable bonds is 2. The minimum Gasteiger partial charge on any atom is -0.364 e. The average molecular weight is 152 g/mol. The van der Waals surface area contributed by atoms with Gasteiger partial charge in [-0.25, -0.2) is 0 Å². The SMILES string of the molecule is CCC1(c2cnn(C)c2)CO1. The fourth-order valence-corrected chi connectivity index (χ4v) is 1.32. The Hall–Kier alpha value is -0.830. The van der Waals surface area contributed by atoms with E-state index in [1.165, 1.54) is 5.56 Å². The number of nitrogens with zero attached hydrogens (tertiary/aromatic N) is 2. The van der Waals surface area contributed by atoms with Crippen LogP contribution >= 0.6 is 0 Å². The Labute approximate surface area is 66.0 Å². The van der Waals surface area contributed by atoms with Crippen molar-refractivity contribution >= 4 is 0 Å². The molecule has 1 aliphatic heterocycles. The molecule has 1 fully saturated rings. The average Bonchev–Trinajstić information content (AvgIpc) is 2.70. The van der Waals surface area contributed by atoms with Gasteiger partial charge in [0.05, 0.1) is 12.8 Å². The molecule has 0 radical (unpaired) electrons. The summed E-state index contributed by atoms with van der Waals surface area (Å²) in [6.07, 6.45) is 4.95. The molecule has 1 aromatic rings. The summed E-state index contributed by atoms with van der Waals surface area (Å²) >= 11 is 0. The van der Waals surface area contributed by atoms with Gasteiger partial charge in [-0.15, -0.1) is 0 Å². The molecule has 60 valence electrons. The van der Waals surface area contributed by atoms with Crippen LogP contribution in [0.25, 0.3) is 0 Å². The van der Waals surface area contributed by atoms with E-state index in [4.69, 9.17) is 4.74 Å². The maximum absolute atomic E-state index is 5.39. The zero-order chi connectivity index (χ0) is 7.90. The predicted molar refractivity (Wildman–Crippen MR) is 41.1 cm³/mol. The van der Waals surface area contributed by atoms with Gasteiger partial charge in [0.25, 0.3) is 0 Å². The number of epoxide rings is 1. The van der Waals surface area contributed by atoms with Crippen LogP contribution in [-0.4, -0.2) is 16.4 Å². The third-order valence-corrected chi connectivity index (χ3v) is 2.29. The first kappa shape index (κ1) is 6.85. The van der Waals surface area contributed by atoms with E-state index in [0.29, 0.717) is 0 Å². The van der Waals surface area contributed by atoms with Crippen molar-refractivity contribution in [2.45, 2.75) is 18.9 Å². The Bertz CT molecular complexity index is 263. The summed E-state index contributed by atoms with van der Waals surface area (Å²) in [7, 11) is 1.93. The molecule has 1 saturated heterocycles. The van der Waals surface area contributed by atoms with Crippen molar-refractivity contribution in [2.75, 3.05) is 6.61 Å². The van der Waals surface area contributed by atoms with E-state index in [1.54, 1.807) is 0 Å². The summed E-state index contributed by atoms with van der Waals surface area (Å²) in [4.78, 5) is 0. The van der Waals surface area contributed by atoms with Crippen molar-refractivity contribution in [1.82, 2.24) is 9.78 Å². The van der Waals surface area contributed by atoms with Crippen molar-refractivity contribution in [2.24, 2.45) is 7.05 Å². The standard InChI is InChI=1S/C8H12N2O/c1-3-8(6-11-8)7-4-9-10(2)5-7/h4-5H,3,6H2,1-2H3. The van der Waals surface area contributed by atoms with E-state index >= 15 is 0 Å². The third kappa shape index (κ3) is 0.959. The number of aromatic nitrogens is 2. The van der Waals surface area contributed by atoms with E-state index in [2.05, 4.69) is 12.0 Å². The Kier molecular flexibility index (Phi) is 1.29. The quantitative estimate of drug-likeness (QED) is 0.593. The second kappa shape index (κ2) is 2.08. The Morgan fingerprint density at radius 3 is 2.91 bits per heavy atom. The number of ether oxygens (including phenoxy) is 1. The van der Waals surface area contributed by atoms with Gasteiger partial charge in [0.15, 0.2) is 0 Å². The topological polar surface area (TPSA) is 30.4 Å². The minimum absolute atomic E-state index is 0.0221. The highest BCUT2D eigenvalue weighted by Crippen LogP contribution is 2.41. The van der Waals surface area contributed by atoms with Gasteiger partial charge in [-0.1, -0.05) is 6.92 Å². The molecule has 0 bridgehead atoms. The van der Waals surface area contributed by atoms with E-state index in [9.17, 15) is 0 Å². The smallest absolute Gasteiger partial charge is 0.119 e. The van der Waals surface area contributed by atoms with Crippen LogP contribution in [0.2, 0.25) is 0 Å². The van der Waals surface area contributed by atoms with Crippen LogP contribution in [0, 0.1) is 0 Å². The first-order chi connectivity index (χ1) is 5.27. The van der Waals surface area contributed by atoms with Gasteiger partial charge in [0, 0.05) is 18.8 Å². The molecular formula is C8H12N2O. The molecule has 2 rings (SSSR count). The lowest BCUT2D eigenvalue weighted by Gasteiger charge is -2.03. The van der Waals surface area contributed by atoms with E-state index in [1.807, 2.05) is 24.1 Å². The van der Waals surface area contributed by atoms with Crippen LogP contribution in [0.15, 0.2) is 12.4 Å². The molecule has 0 amide bonds. The second-order valence-corrected chi connectivity index (χ2v) is 3.04. The summed E-state index contributed by atoms with van der Waals surface area (Å²) in [6, 6.07) is 0. The zero-order valence-electron chi connectivity index (χ0n) is 6.87. The van der Waals surface area contributed by atoms with Crippen LogP contribution in [0.4, 0.5) is 0 Å².